The number of para-hydroxylation sites is 2. The van der Waals surface area contributed by atoms with Crippen molar-refractivity contribution in [3.8, 4) is 0 Å². The van der Waals surface area contributed by atoms with Crippen LogP contribution in [0.5, 0.6) is 0 Å². The van der Waals surface area contributed by atoms with Crippen LogP contribution in [-0.4, -0.2) is 40.0 Å². The first-order valence-corrected chi connectivity index (χ1v) is 11.9. The van der Waals surface area contributed by atoms with Gasteiger partial charge in [0.1, 0.15) is 0 Å². The van der Waals surface area contributed by atoms with Crippen LogP contribution in [0, 0.1) is 0 Å². The van der Waals surface area contributed by atoms with Gasteiger partial charge in [-0.15, -0.1) is 0 Å². The smallest absolute Gasteiger partial charge is 0.262 e. The highest BCUT2D eigenvalue weighted by Gasteiger charge is 2.24. The fraction of sp³-hybridized carbons (Fsp3) is 0.400. The van der Waals surface area contributed by atoms with Gasteiger partial charge >= 0.3 is 0 Å². The number of ether oxygens (including phenoxy) is 1. The second kappa shape index (κ2) is 11.3. The maximum Gasteiger partial charge on any atom is 0.262 e. The van der Waals surface area contributed by atoms with Crippen molar-refractivity contribution in [2.24, 2.45) is 0 Å². The largest absolute Gasteiger partial charge is 0.379 e. The van der Waals surface area contributed by atoms with E-state index in [0.717, 1.165) is 5.69 Å². The topological polar surface area (TPSA) is 64.4 Å². The second-order valence-electron chi connectivity index (χ2n) is 7.82. The lowest BCUT2D eigenvalue weighted by Crippen LogP contribution is -2.37. The summed E-state index contributed by atoms with van der Waals surface area (Å²) in [5.74, 6) is -0.0131. The number of thioether (sulfide) groups is 1. The van der Waals surface area contributed by atoms with E-state index < -0.39 is 5.25 Å². The fourth-order valence-electron chi connectivity index (χ4n) is 3.48. The van der Waals surface area contributed by atoms with Gasteiger partial charge in [0.2, 0.25) is 5.91 Å². The first-order valence-electron chi connectivity index (χ1n) is 11.1. The molecule has 0 bridgehead atoms. The van der Waals surface area contributed by atoms with Crippen LogP contribution in [0.25, 0.3) is 10.9 Å². The van der Waals surface area contributed by atoms with E-state index in [4.69, 9.17) is 9.72 Å². The molecule has 0 fully saturated rings. The van der Waals surface area contributed by atoms with Gasteiger partial charge in [0, 0.05) is 25.4 Å². The highest BCUT2D eigenvalue weighted by molar-refractivity contribution is 8.00. The quantitative estimate of drug-likeness (QED) is 0.252. The summed E-state index contributed by atoms with van der Waals surface area (Å²) in [5.41, 5.74) is 1.42. The molecule has 0 spiro atoms. The molecule has 0 aliphatic carbocycles. The predicted octanol–water partition coefficient (Wildman–Crippen LogP) is 4.75. The van der Waals surface area contributed by atoms with Gasteiger partial charge in [-0.25, -0.2) is 4.98 Å². The predicted molar refractivity (Wildman–Crippen MR) is 131 cm³/mol. The minimum atomic E-state index is -0.401. The summed E-state index contributed by atoms with van der Waals surface area (Å²) in [4.78, 5) is 33.0. The monoisotopic (exact) mass is 453 g/mol. The molecule has 0 saturated heterocycles. The lowest BCUT2D eigenvalue weighted by molar-refractivity contribution is -0.117. The molecule has 0 aliphatic heterocycles. The molecule has 3 rings (SSSR count). The minimum Gasteiger partial charge on any atom is -0.379 e. The van der Waals surface area contributed by atoms with Gasteiger partial charge in [0.05, 0.1) is 22.3 Å². The van der Waals surface area contributed by atoms with Gasteiger partial charge in [-0.3, -0.25) is 14.2 Å². The van der Waals surface area contributed by atoms with Crippen molar-refractivity contribution in [2.45, 2.75) is 57.2 Å². The minimum absolute atomic E-state index is 0.0131. The summed E-state index contributed by atoms with van der Waals surface area (Å²) in [6.07, 6.45) is 0.838. The highest BCUT2D eigenvalue weighted by Crippen LogP contribution is 2.26. The Hall–Kier alpha value is -2.64. The summed E-state index contributed by atoms with van der Waals surface area (Å²) in [6.45, 7) is 9.43. The Morgan fingerprint density at radius 3 is 2.47 bits per heavy atom. The van der Waals surface area contributed by atoms with Crippen LogP contribution in [0.2, 0.25) is 0 Å². The number of aromatic nitrogens is 2. The lowest BCUT2D eigenvalue weighted by Gasteiger charge is -2.24. The molecular weight excluding hydrogens is 422 g/mol. The van der Waals surface area contributed by atoms with E-state index in [1.165, 1.54) is 11.8 Å². The van der Waals surface area contributed by atoms with Gasteiger partial charge in [-0.2, -0.15) is 0 Å². The molecule has 1 heterocycles. The summed E-state index contributed by atoms with van der Waals surface area (Å²) in [5, 5.41) is 0.740. The second-order valence-corrected chi connectivity index (χ2v) is 9.13. The molecule has 1 amide bonds. The molecule has 0 N–H and O–H groups in total. The maximum absolute atomic E-state index is 13.2. The number of amides is 1. The van der Waals surface area contributed by atoms with Crippen LogP contribution >= 0.6 is 11.8 Å². The molecule has 1 unspecified atom stereocenters. The number of rotatable bonds is 10. The molecule has 0 saturated carbocycles. The molecule has 3 aromatic rings. The number of hydrogen-bond acceptors (Lipinski definition) is 5. The van der Waals surface area contributed by atoms with Crippen molar-refractivity contribution >= 4 is 34.3 Å². The zero-order valence-corrected chi connectivity index (χ0v) is 20.0. The number of nitrogens with zero attached hydrogens (tertiary/aromatic N) is 3. The zero-order chi connectivity index (χ0) is 23.1. The van der Waals surface area contributed by atoms with Crippen molar-refractivity contribution in [2.75, 3.05) is 18.1 Å². The van der Waals surface area contributed by atoms with Crippen molar-refractivity contribution in [1.82, 2.24) is 9.55 Å². The van der Waals surface area contributed by atoms with E-state index in [-0.39, 0.29) is 17.6 Å². The van der Waals surface area contributed by atoms with Crippen molar-refractivity contribution < 1.29 is 9.53 Å². The normalized spacial score (nSPS) is 12.3. The van der Waals surface area contributed by atoms with Crippen LogP contribution in [0.1, 0.15) is 34.1 Å². The molecule has 1 atom stereocenters. The van der Waals surface area contributed by atoms with E-state index in [2.05, 4.69) is 0 Å². The first-order chi connectivity index (χ1) is 15.4. The maximum atomic E-state index is 13.2. The summed E-state index contributed by atoms with van der Waals surface area (Å²) >= 11 is 1.33. The van der Waals surface area contributed by atoms with Crippen LogP contribution in [0.3, 0.4) is 0 Å². The number of benzene rings is 2. The summed E-state index contributed by atoms with van der Waals surface area (Å²) < 4.78 is 7.32. The number of anilines is 1. The van der Waals surface area contributed by atoms with Crippen LogP contribution < -0.4 is 10.5 Å². The molecular formula is C25H31N3O3S. The Labute approximate surface area is 193 Å². The van der Waals surface area contributed by atoms with Crippen LogP contribution in [0.15, 0.2) is 64.5 Å². The van der Waals surface area contributed by atoms with E-state index in [9.17, 15) is 9.59 Å². The van der Waals surface area contributed by atoms with Gasteiger partial charge in [-0.05, 0) is 58.4 Å². The zero-order valence-electron chi connectivity index (χ0n) is 19.2. The lowest BCUT2D eigenvalue weighted by atomic mass is 10.2. The molecule has 32 heavy (non-hydrogen) atoms. The van der Waals surface area contributed by atoms with E-state index in [0.29, 0.717) is 42.2 Å². The molecule has 0 aliphatic rings. The Balaban J connectivity index is 1.88. The van der Waals surface area contributed by atoms with E-state index in [1.54, 1.807) is 15.5 Å². The summed E-state index contributed by atoms with van der Waals surface area (Å²) in [6, 6.07) is 17.0. The van der Waals surface area contributed by atoms with Crippen molar-refractivity contribution in [3.63, 3.8) is 0 Å². The van der Waals surface area contributed by atoms with Crippen LogP contribution in [-0.2, 0) is 16.1 Å². The molecule has 2 aromatic carbocycles. The molecule has 170 valence electrons. The van der Waals surface area contributed by atoms with Gasteiger partial charge in [0.25, 0.3) is 5.56 Å². The molecule has 1 aromatic heterocycles. The van der Waals surface area contributed by atoms with E-state index >= 15 is 0 Å². The van der Waals surface area contributed by atoms with Gasteiger partial charge in [0.15, 0.2) is 5.16 Å². The number of carbonyl (C=O) groups is 1. The Bertz CT molecular complexity index is 1100. The Morgan fingerprint density at radius 1 is 1.09 bits per heavy atom. The molecule has 0 radical (unpaired) electrons. The average Bonchev–Trinajstić information content (AvgIpc) is 2.79. The van der Waals surface area contributed by atoms with Crippen molar-refractivity contribution in [3.05, 3.63) is 65.0 Å². The molecule has 6 nitrogen and oxygen atoms in total. The average molecular weight is 454 g/mol. The third kappa shape index (κ3) is 5.78. The standard InChI is InChI=1S/C25H31N3O3S/c1-5-27(20-12-7-6-8-13-20)23(29)19(4)32-25-26-22-15-10-9-14-21(22)24(30)28(25)16-11-17-31-18(2)3/h6-10,12-15,18-19H,5,11,16-17H2,1-4H3. The first kappa shape index (κ1) is 24.0. The van der Waals surface area contributed by atoms with E-state index in [1.807, 2.05) is 76.2 Å². The van der Waals surface area contributed by atoms with Gasteiger partial charge < -0.3 is 9.64 Å². The van der Waals surface area contributed by atoms with Crippen LogP contribution in [0.4, 0.5) is 5.69 Å². The fourth-order valence-corrected chi connectivity index (χ4v) is 4.47. The summed E-state index contributed by atoms with van der Waals surface area (Å²) in [7, 11) is 0. The third-order valence-corrected chi connectivity index (χ3v) is 6.16. The number of fused-ring (bicyclic) bond motifs is 1. The SMILES string of the molecule is CCN(C(=O)C(C)Sc1nc2ccccc2c(=O)n1CCCOC(C)C)c1ccccc1. The number of hydrogen-bond donors (Lipinski definition) is 0. The third-order valence-electron chi connectivity index (χ3n) is 5.08. The molecule has 7 heteroatoms. The van der Waals surface area contributed by atoms with Gasteiger partial charge in [-0.1, -0.05) is 42.1 Å². The Kier molecular flexibility index (Phi) is 8.47. The number of carbonyl (C=O) groups excluding carboxylic acids is 1. The van der Waals surface area contributed by atoms with Crippen molar-refractivity contribution in [1.29, 1.82) is 0 Å². The highest BCUT2D eigenvalue weighted by atomic mass is 32.2. The Morgan fingerprint density at radius 2 is 1.78 bits per heavy atom.